The number of aromatic nitrogens is 2. The molecule has 1 aliphatic heterocycles. The first-order valence-electron chi connectivity index (χ1n) is 10.8. The molecule has 0 bridgehead atoms. The molecule has 0 unspecified atom stereocenters. The minimum Gasteiger partial charge on any atom is -0.496 e. The van der Waals surface area contributed by atoms with Crippen molar-refractivity contribution in [1.82, 2.24) is 24.3 Å². The lowest BCUT2D eigenvalue weighted by molar-refractivity contribution is -0.133. The van der Waals surface area contributed by atoms with E-state index in [0.29, 0.717) is 12.5 Å². The van der Waals surface area contributed by atoms with E-state index < -0.39 is 0 Å². The first-order chi connectivity index (χ1) is 14.5. The number of amides is 1. The van der Waals surface area contributed by atoms with E-state index in [1.54, 1.807) is 19.6 Å². The van der Waals surface area contributed by atoms with Crippen molar-refractivity contribution in [2.75, 3.05) is 53.9 Å². The molecule has 2 heterocycles. The largest absolute Gasteiger partial charge is 0.496 e. The first-order valence-corrected chi connectivity index (χ1v) is 10.8. The van der Waals surface area contributed by atoms with Crippen molar-refractivity contribution in [1.29, 1.82) is 0 Å². The van der Waals surface area contributed by atoms with Crippen LogP contribution in [0.1, 0.15) is 18.4 Å². The summed E-state index contributed by atoms with van der Waals surface area (Å²) in [7, 11) is 5.83. The molecule has 2 aromatic rings. The Balaban J connectivity index is 1.60. The SMILES string of the molecule is COc1ccccc1CN1CCC[C@@H](CN(CCN(C)C)C(=O)Cn2ccnc2)C1. The summed E-state index contributed by atoms with van der Waals surface area (Å²) in [4.78, 5) is 23.7. The maximum Gasteiger partial charge on any atom is 0.242 e. The van der Waals surface area contributed by atoms with E-state index in [-0.39, 0.29) is 5.91 Å². The molecule has 1 atom stereocenters. The summed E-state index contributed by atoms with van der Waals surface area (Å²) in [5.74, 6) is 1.60. The van der Waals surface area contributed by atoms with Crippen molar-refractivity contribution in [3.8, 4) is 5.75 Å². The molecular formula is C23H35N5O2. The molecule has 0 aliphatic carbocycles. The van der Waals surface area contributed by atoms with Crippen molar-refractivity contribution in [3.63, 3.8) is 0 Å². The molecule has 164 valence electrons. The van der Waals surface area contributed by atoms with Gasteiger partial charge in [-0.2, -0.15) is 0 Å². The molecule has 30 heavy (non-hydrogen) atoms. The van der Waals surface area contributed by atoms with Crippen molar-refractivity contribution in [2.45, 2.75) is 25.9 Å². The van der Waals surface area contributed by atoms with Crippen LogP contribution < -0.4 is 4.74 Å². The third-order valence-corrected chi connectivity index (χ3v) is 5.72. The Labute approximate surface area is 180 Å². The molecule has 1 saturated heterocycles. The van der Waals surface area contributed by atoms with Gasteiger partial charge in [-0.25, -0.2) is 4.98 Å². The van der Waals surface area contributed by atoms with E-state index in [2.05, 4.69) is 26.9 Å². The molecule has 0 radical (unpaired) electrons. The molecule has 1 amide bonds. The maximum atomic E-state index is 13.0. The average molecular weight is 414 g/mol. The summed E-state index contributed by atoms with van der Waals surface area (Å²) < 4.78 is 7.37. The van der Waals surface area contributed by atoms with Gasteiger partial charge in [0, 0.05) is 50.7 Å². The molecule has 1 aromatic carbocycles. The Morgan fingerprint density at radius 3 is 2.83 bits per heavy atom. The molecule has 1 fully saturated rings. The summed E-state index contributed by atoms with van der Waals surface area (Å²) in [6, 6.07) is 8.24. The van der Waals surface area contributed by atoms with Gasteiger partial charge in [0.1, 0.15) is 12.3 Å². The number of rotatable bonds is 10. The number of carbonyl (C=O) groups is 1. The second-order valence-electron chi connectivity index (χ2n) is 8.43. The number of imidazole rings is 1. The molecule has 0 N–H and O–H groups in total. The van der Waals surface area contributed by atoms with Crippen LogP contribution in [0.5, 0.6) is 5.75 Å². The lowest BCUT2D eigenvalue weighted by Gasteiger charge is -2.36. The van der Waals surface area contributed by atoms with Gasteiger partial charge in [-0.05, 0) is 45.5 Å². The number of likely N-dealkylation sites (N-methyl/N-ethyl adjacent to an activating group) is 1. The zero-order chi connectivity index (χ0) is 21.3. The Morgan fingerprint density at radius 2 is 2.10 bits per heavy atom. The minimum atomic E-state index is 0.164. The van der Waals surface area contributed by atoms with Crippen LogP contribution in [0.2, 0.25) is 0 Å². The predicted molar refractivity (Wildman–Crippen MR) is 118 cm³/mol. The third kappa shape index (κ3) is 6.57. The van der Waals surface area contributed by atoms with E-state index in [0.717, 1.165) is 51.4 Å². The quantitative estimate of drug-likeness (QED) is 0.598. The van der Waals surface area contributed by atoms with Gasteiger partial charge in [0.15, 0.2) is 0 Å². The normalized spacial score (nSPS) is 17.3. The number of ether oxygens (including phenoxy) is 1. The molecule has 0 spiro atoms. The Bertz CT molecular complexity index is 778. The Kier molecular flexibility index (Phi) is 8.28. The van der Waals surface area contributed by atoms with Crippen LogP contribution in [0.25, 0.3) is 0 Å². The van der Waals surface area contributed by atoms with Crippen LogP contribution in [0.15, 0.2) is 43.0 Å². The highest BCUT2D eigenvalue weighted by Gasteiger charge is 2.25. The van der Waals surface area contributed by atoms with Gasteiger partial charge in [0.2, 0.25) is 5.91 Å². The highest BCUT2D eigenvalue weighted by Crippen LogP contribution is 2.24. The molecule has 3 rings (SSSR count). The molecule has 1 aliphatic rings. The summed E-state index contributed by atoms with van der Waals surface area (Å²) >= 11 is 0. The molecule has 7 nitrogen and oxygen atoms in total. The molecule has 7 heteroatoms. The zero-order valence-electron chi connectivity index (χ0n) is 18.5. The van der Waals surface area contributed by atoms with Crippen LogP contribution >= 0.6 is 0 Å². The van der Waals surface area contributed by atoms with Crippen LogP contribution in [-0.4, -0.2) is 84.1 Å². The van der Waals surface area contributed by atoms with Gasteiger partial charge in [-0.15, -0.1) is 0 Å². The lowest BCUT2D eigenvalue weighted by Crippen LogP contribution is -2.45. The van der Waals surface area contributed by atoms with Crippen LogP contribution in [0.4, 0.5) is 0 Å². The van der Waals surface area contributed by atoms with Crippen LogP contribution in [-0.2, 0) is 17.9 Å². The highest BCUT2D eigenvalue weighted by atomic mass is 16.5. The van der Waals surface area contributed by atoms with Gasteiger partial charge in [0.05, 0.1) is 13.4 Å². The number of hydrogen-bond donors (Lipinski definition) is 0. The summed E-state index contributed by atoms with van der Waals surface area (Å²) in [5, 5.41) is 0. The van der Waals surface area contributed by atoms with E-state index >= 15 is 0 Å². The molecule has 0 saturated carbocycles. The monoisotopic (exact) mass is 413 g/mol. The summed E-state index contributed by atoms with van der Waals surface area (Å²) in [6.45, 7) is 5.77. The lowest BCUT2D eigenvalue weighted by atomic mass is 9.96. The van der Waals surface area contributed by atoms with Gasteiger partial charge in [-0.1, -0.05) is 18.2 Å². The number of carbonyl (C=O) groups excluding carboxylic acids is 1. The Hall–Kier alpha value is -2.38. The number of para-hydroxylation sites is 1. The number of piperidine rings is 1. The zero-order valence-corrected chi connectivity index (χ0v) is 18.5. The first kappa shape index (κ1) is 22.3. The van der Waals surface area contributed by atoms with E-state index in [1.807, 2.05) is 41.9 Å². The number of benzene rings is 1. The fourth-order valence-corrected chi connectivity index (χ4v) is 4.11. The average Bonchev–Trinajstić information content (AvgIpc) is 3.24. The second kappa shape index (κ2) is 11.1. The standard InChI is InChI=1S/C23H35N5O2/c1-25(2)13-14-28(23(29)18-27-12-10-24-19-27)16-20-7-6-11-26(15-20)17-21-8-4-5-9-22(21)30-3/h4-5,8-10,12,19-20H,6-7,11,13-18H2,1-3H3/t20-/m1/s1. The summed E-state index contributed by atoms with van der Waals surface area (Å²) in [5.41, 5.74) is 1.22. The van der Waals surface area contributed by atoms with Gasteiger partial charge in [-0.3, -0.25) is 9.69 Å². The maximum absolute atomic E-state index is 13.0. The third-order valence-electron chi connectivity index (χ3n) is 5.72. The number of hydrogen-bond acceptors (Lipinski definition) is 5. The smallest absolute Gasteiger partial charge is 0.242 e. The molecule has 1 aromatic heterocycles. The number of likely N-dealkylation sites (tertiary alicyclic amines) is 1. The fraction of sp³-hybridized carbons (Fsp3) is 0.565. The second-order valence-corrected chi connectivity index (χ2v) is 8.43. The van der Waals surface area contributed by atoms with Crippen LogP contribution in [0.3, 0.4) is 0 Å². The summed E-state index contributed by atoms with van der Waals surface area (Å²) in [6.07, 6.45) is 7.60. The van der Waals surface area contributed by atoms with Crippen molar-refractivity contribution in [2.24, 2.45) is 5.92 Å². The number of nitrogens with zero attached hydrogens (tertiary/aromatic N) is 5. The van der Waals surface area contributed by atoms with Gasteiger partial charge in [0.25, 0.3) is 0 Å². The van der Waals surface area contributed by atoms with Gasteiger partial charge >= 0.3 is 0 Å². The minimum absolute atomic E-state index is 0.164. The number of methoxy groups -OCH3 is 1. The predicted octanol–water partition coefficient (Wildman–Crippen LogP) is 2.19. The van der Waals surface area contributed by atoms with Gasteiger partial charge < -0.3 is 19.1 Å². The van der Waals surface area contributed by atoms with E-state index in [9.17, 15) is 4.79 Å². The van der Waals surface area contributed by atoms with E-state index in [1.165, 1.54) is 12.0 Å². The van der Waals surface area contributed by atoms with Crippen molar-refractivity contribution in [3.05, 3.63) is 48.5 Å². The highest BCUT2D eigenvalue weighted by molar-refractivity contribution is 5.76. The van der Waals surface area contributed by atoms with Crippen molar-refractivity contribution >= 4 is 5.91 Å². The molecular weight excluding hydrogens is 378 g/mol. The topological polar surface area (TPSA) is 53.8 Å². The van der Waals surface area contributed by atoms with Crippen molar-refractivity contribution < 1.29 is 9.53 Å². The fourth-order valence-electron chi connectivity index (χ4n) is 4.11. The van der Waals surface area contributed by atoms with Crippen LogP contribution in [0, 0.1) is 5.92 Å². The Morgan fingerprint density at radius 1 is 1.27 bits per heavy atom. The van der Waals surface area contributed by atoms with E-state index in [4.69, 9.17) is 4.74 Å².